The molecule has 0 saturated heterocycles. The second kappa shape index (κ2) is 5.17. The first-order chi connectivity index (χ1) is 8.47. The molecule has 0 aliphatic carbocycles. The molecule has 0 saturated carbocycles. The molecule has 1 unspecified atom stereocenters. The van der Waals surface area contributed by atoms with Crippen LogP contribution in [0.1, 0.15) is 22.3 Å². The van der Waals surface area contributed by atoms with Gasteiger partial charge in [-0.05, 0) is 39.6 Å². The lowest BCUT2D eigenvalue weighted by Gasteiger charge is -2.12. The van der Waals surface area contributed by atoms with Gasteiger partial charge in [0.2, 0.25) is 0 Å². The van der Waals surface area contributed by atoms with Gasteiger partial charge in [0.1, 0.15) is 0 Å². The molecular formula is C12H18N4OS. The van der Waals surface area contributed by atoms with E-state index in [0.29, 0.717) is 18.3 Å². The van der Waals surface area contributed by atoms with Gasteiger partial charge in [0.05, 0.1) is 10.9 Å². The minimum Gasteiger partial charge on any atom is -0.333 e. The number of hydrogen-bond donors (Lipinski definition) is 1. The highest BCUT2D eigenvalue weighted by Crippen LogP contribution is 2.29. The standard InChI is InChI=1S/C12H18N4OS/c1-7-5-10(18-8(7)2)12-14-11(15-17-12)9(13)6-16(3)4/h5,9H,6,13H2,1-4H3. The molecule has 2 N–H and O–H groups in total. The summed E-state index contributed by atoms with van der Waals surface area (Å²) in [7, 11) is 3.93. The molecule has 0 radical (unpaired) electrons. The first-order valence-electron chi connectivity index (χ1n) is 5.78. The van der Waals surface area contributed by atoms with Crippen molar-refractivity contribution in [3.05, 3.63) is 22.3 Å². The van der Waals surface area contributed by atoms with Crippen LogP contribution in [0, 0.1) is 13.8 Å². The molecule has 98 valence electrons. The van der Waals surface area contributed by atoms with E-state index in [2.05, 4.69) is 30.1 Å². The molecule has 1 atom stereocenters. The maximum atomic E-state index is 6.00. The lowest BCUT2D eigenvalue weighted by atomic mass is 10.3. The van der Waals surface area contributed by atoms with Crippen LogP contribution in [-0.2, 0) is 0 Å². The first-order valence-corrected chi connectivity index (χ1v) is 6.60. The predicted molar refractivity (Wildman–Crippen MR) is 72.6 cm³/mol. The van der Waals surface area contributed by atoms with E-state index in [0.717, 1.165) is 4.88 Å². The average molecular weight is 266 g/mol. The molecular weight excluding hydrogens is 248 g/mol. The van der Waals surface area contributed by atoms with Crippen LogP contribution in [0.5, 0.6) is 0 Å². The third-order valence-corrected chi connectivity index (χ3v) is 3.85. The quantitative estimate of drug-likeness (QED) is 0.916. The molecule has 0 bridgehead atoms. The Labute approximate surface area is 111 Å². The van der Waals surface area contributed by atoms with E-state index >= 15 is 0 Å². The Kier molecular flexibility index (Phi) is 3.79. The van der Waals surface area contributed by atoms with Crippen LogP contribution in [0.2, 0.25) is 0 Å². The van der Waals surface area contributed by atoms with E-state index in [4.69, 9.17) is 10.3 Å². The Morgan fingerprint density at radius 2 is 2.17 bits per heavy atom. The van der Waals surface area contributed by atoms with Gasteiger partial charge in [0.25, 0.3) is 5.89 Å². The van der Waals surface area contributed by atoms with Crippen molar-refractivity contribution in [1.82, 2.24) is 15.0 Å². The number of rotatable bonds is 4. The van der Waals surface area contributed by atoms with Gasteiger partial charge in [-0.15, -0.1) is 11.3 Å². The molecule has 2 heterocycles. The normalized spacial score (nSPS) is 13.2. The van der Waals surface area contributed by atoms with Crippen molar-refractivity contribution in [2.45, 2.75) is 19.9 Å². The Balaban J connectivity index is 2.20. The summed E-state index contributed by atoms with van der Waals surface area (Å²) in [6, 6.07) is 1.84. The summed E-state index contributed by atoms with van der Waals surface area (Å²) >= 11 is 1.66. The number of aromatic nitrogens is 2. The summed E-state index contributed by atoms with van der Waals surface area (Å²) < 4.78 is 5.27. The lowest BCUT2D eigenvalue weighted by Crippen LogP contribution is -2.26. The Hall–Kier alpha value is -1.24. The van der Waals surface area contributed by atoms with Gasteiger partial charge in [0.15, 0.2) is 5.82 Å². The highest BCUT2D eigenvalue weighted by atomic mass is 32.1. The molecule has 18 heavy (non-hydrogen) atoms. The van der Waals surface area contributed by atoms with E-state index in [1.165, 1.54) is 10.4 Å². The minimum absolute atomic E-state index is 0.223. The van der Waals surface area contributed by atoms with E-state index < -0.39 is 0 Å². The maximum absolute atomic E-state index is 6.00. The molecule has 0 amide bonds. The van der Waals surface area contributed by atoms with Crippen molar-refractivity contribution in [1.29, 1.82) is 0 Å². The second-order valence-corrected chi connectivity index (χ2v) is 5.93. The fourth-order valence-corrected chi connectivity index (χ4v) is 2.59. The highest BCUT2D eigenvalue weighted by molar-refractivity contribution is 7.15. The zero-order valence-corrected chi connectivity index (χ0v) is 11.9. The van der Waals surface area contributed by atoms with Crippen molar-refractivity contribution in [3.63, 3.8) is 0 Å². The molecule has 0 fully saturated rings. The monoisotopic (exact) mass is 266 g/mol. The van der Waals surface area contributed by atoms with E-state index in [1.807, 2.05) is 19.0 Å². The lowest BCUT2D eigenvalue weighted by molar-refractivity contribution is 0.357. The third-order valence-electron chi connectivity index (χ3n) is 2.71. The second-order valence-electron chi connectivity index (χ2n) is 4.68. The molecule has 5 nitrogen and oxygen atoms in total. The number of aryl methyl sites for hydroxylation is 2. The van der Waals surface area contributed by atoms with E-state index in [1.54, 1.807) is 11.3 Å². The predicted octanol–water partition coefficient (Wildman–Crippen LogP) is 1.98. The molecule has 6 heteroatoms. The number of hydrogen-bond acceptors (Lipinski definition) is 6. The third kappa shape index (κ3) is 2.77. The van der Waals surface area contributed by atoms with Gasteiger partial charge >= 0.3 is 0 Å². The minimum atomic E-state index is -0.223. The van der Waals surface area contributed by atoms with Gasteiger partial charge in [-0.3, -0.25) is 0 Å². The summed E-state index contributed by atoms with van der Waals surface area (Å²) in [5, 5.41) is 3.95. The molecule has 0 aliphatic heterocycles. The maximum Gasteiger partial charge on any atom is 0.268 e. The molecule has 0 aromatic carbocycles. The summed E-state index contributed by atoms with van der Waals surface area (Å²) in [5.41, 5.74) is 7.24. The smallest absolute Gasteiger partial charge is 0.268 e. The van der Waals surface area contributed by atoms with E-state index in [9.17, 15) is 0 Å². The topological polar surface area (TPSA) is 68.2 Å². The van der Waals surface area contributed by atoms with Crippen LogP contribution in [0.3, 0.4) is 0 Å². The largest absolute Gasteiger partial charge is 0.333 e. The Bertz CT molecular complexity index is 512. The fraction of sp³-hybridized carbons (Fsp3) is 0.500. The van der Waals surface area contributed by atoms with Gasteiger partial charge in [-0.2, -0.15) is 4.98 Å². The fourth-order valence-electron chi connectivity index (χ4n) is 1.64. The number of likely N-dealkylation sites (N-methyl/N-ethyl adjacent to an activating group) is 1. The number of nitrogens with zero attached hydrogens (tertiary/aromatic N) is 3. The van der Waals surface area contributed by atoms with Gasteiger partial charge in [-0.25, -0.2) is 0 Å². The van der Waals surface area contributed by atoms with E-state index in [-0.39, 0.29) is 6.04 Å². The summed E-state index contributed by atoms with van der Waals surface area (Å²) in [6.45, 7) is 4.85. The van der Waals surface area contributed by atoms with Crippen molar-refractivity contribution < 1.29 is 4.52 Å². The molecule has 0 spiro atoms. The van der Waals surface area contributed by atoms with Crippen LogP contribution in [0.25, 0.3) is 10.8 Å². The van der Waals surface area contributed by atoms with Gasteiger partial charge in [-0.1, -0.05) is 5.16 Å². The van der Waals surface area contributed by atoms with Crippen molar-refractivity contribution in [2.24, 2.45) is 5.73 Å². The Morgan fingerprint density at radius 3 is 2.72 bits per heavy atom. The van der Waals surface area contributed by atoms with Crippen molar-refractivity contribution in [2.75, 3.05) is 20.6 Å². The molecule has 2 aromatic heterocycles. The molecule has 2 aromatic rings. The molecule has 0 aliphatic rings. The van der Waals surface area contributed by atoms with Crippen molar-refractivity contribution in [3.8, 4) is 10.8 Å². The van der Waals surface area contributed by atoms with Crippen molar-refractivity contribution >= 4 is 11.3 Å². The number of thiophene rings is 1. The van der Waals surface area contributed by atoms with Crippen LogP contribution in [0.15, 0.2) is 10.6 Å². The number of nitrogens with two attached hydrogens (primary N) is 1. The zero-order chi connectivity index (χ0) is 13.3. The van der Waals surface area contributed by atoms with Crippen LogP contribution >= 0.6 is 11.3 Å². The highest BCUT2D eigenvalue weighted by Gasteiger charge is 2.17. The molecule has 2 rings (SSSR count). The summed E-state index contributed by atoms with van der Waals surface area (Å²) in [6.07, 6.45) is 0. The zero-order valence-electron chi connectivity index (χ0n) is 11.1. The average Bonchev–Trinajstić information content (AvgIpc) is 2.86. The Morgan fingerprint density at radius 1 is 1.44 bits per heavy atom. The summed E-state index contributed by atoms with van der Waals surface area (Å²) in [4.78, 5) is 8.64. The van der Waals surface area contributed by atoms with Gasteiger partial charge < -0.3 is 15.2 Å². The SMILES string of the molecule is Cc1cc(-c2nc(C(N)CN(C)C)no2)sc1C. The van der Waals surface area contributed by atoms with Crippen LogP contribution < -0.4 is 5.73 Å². The van der Waals surface area contributed by atoms with Gasteiger partial charge in [0, 0.05) is 11.4 Å². The van der Waals surface area contributed by atoms with Crippen LogP contribution in [0.4, 0.5) is 0 Å². The first kappa shape index (κ1) is 13.2. The summed E-state index contributed by atoms with van der Waals surface area (Å²) in [5.74, 6) is 1.11. The van der Waals surface area contributed by atoms with Crippen LogP contribution in [-0.4, -0.2) is 35.7 Å².